The number of aryl methyl sites for hydroxylation is 1. The summed E-state index contributed by atoms with van der Waals surface area (Å²) < 4.78 is 43.6. The summed E-state index contributed by atoms with van der Waals surface area (Å²) in [5, 5.41) is 0. The third-order valence-corrected chi connectivity index (χ3v) is 7.17. The molecule has 0 radical (unpaired) electrons. The van der Waals surface area contributed by atoms with Crippen LogP contribution in [0.25, 0.3) is 28.2 Å². The number of methoxy groups -OCH3 is 1. The van der Waals surface area contributed by atoms with E-state index in [2.05, 4.69) is 0 Å². The first-order chi connectivity index (χ1) is 18.9. The Morgan fingerprint density at radius 1 is 0.923 bits per heavy atom. The second kappa shape index (κ2) is 10.0. The van der Waals surface area contributed by atoms with Gasteiger partial charge in [0.1, 0.15) is 23.1 Å². The highest BCUT2D eigenvalue weighted by molar-refractivity contribution is 5.69. The highest BCUT2D eigenvalue weighted by atomic mass is 19.1. The van der Waals surface area contributed by atoms with Gasteiger partial charge >= 0.3 is 0 Å². The van der Waals surface area contributed by atoms with Crippen molar-refractivity contribution in [2.75, 3.05) is 13.7 Å². The van der Waals surface area contributed by atoms with E-state index in [0.717, 1.165) is 11.3 Å². The van der Waals surface area contributed by atoms with Crippen LogP contribution in [0.4, 0.5) is 8.78 Å². The highest BCUT2D eigenvalue weighted by Crippen LogP contribution is 2.31. The molecule has 6 nitrogen and oxygen atoms in total. The lowest BCUT2D eigenvalue weighted by atomic mass is 10.1. The van der Waals surface area contributed by atoms with Crippen molar-refractivity contribution >= 4 is 5.78 Å². The molecule has 2 heterocycles. The molecule has 0 N–H and O–H groups in total. The first-order valence-corrected chi connectivity index (χ1v) is 12.9. The molecule has 2 aromatic heterocycles. The molecule has 6 rings (SSSR count). The first-order valence-electron chi connectivity index (χ1n) is 12.9. The number of hydrogen-bond donors (Lipinski definition) is 0. The van der Waals surface area contributed by atoms with Gasteiger partial charge in [0.05, 0.1) is 37.2 Å². The molecule has 1 aliphatic carbocycles. The van der Waals surface area contributed by atoms with Crippen molar-refractivity contribution in [2.45, 2.75) is 26.3 Å². The van der Waals surface area contributed by atoms with Crippen LogP contribution in [0, 0.1) is 24.5 Å². The Balaban J connectivity index is 1.49. The molecule has 0 spiro atoms. The summed E-state index contributed by atoms with van der Waals surface area (Å²) >= 11 is 0. The third-order valence-electron chi connectivity index (χ3n) is 7.17. The summed E-state index contributed by atoms with van der Waals surface area (Å²) in [6.45, 7) is 2.39. The molecule has 1 fully saturated rings. The van der Waals surface area contributed by atoms with Crippen molar-refractivity contribution in [3.63, 3.8) is 0 Å². The lowest BCUT2D eigenvalue weighted by Gasteiger charge is -2.13. The molecule has 0 aliphatic heterocycles. The van der Waals surface area contributed by atoms with Gasteiger partial charge in [-0.2, -0.15) is 0 Å². The van der Waals surface area contributed by atoms with Crippen molar-refractivity contribution in [2.24, 2.45) is 5.92 Å². The number of ether oxygens (including phenoxy) is 2. The Bertz CT molecular complexity index is 1700. The number of hydrogen-bond acceptors (Lipinski definition) is 4. The highest BCUT2D eigenvalue weighted by Gasteiger charge is 2.22. The van der Waals surface area contributed by atoms with E-state index in [0.29, 0.717) is 46.6 Å². The maximum absolute atomic E-state index is 14.7. The molecular weight excluding hydrogens is 500 g/mol. The number of nitrogens with zero attached hydrogens (tertiary/aromatic N) is 3. The summed E-state index contributed by atoms with van der Waals surface area (Å²) in [6.07, 6.45) is 4.03. The minimum atomic E-state index is -0.664. The van der Waals surface area contributed by atoms with Crippen LogP contribution in [0.1, 0.15) is 24.1 Å². The van der Waals surface area contributed by atoms with E-state index in [9.17, 15) is 13.6 Å². The predicted octanol–water partition coefficient (Wildman–Crippen LogP) is 6.26. The van der Waals surface area contributed by atoms with Gasteiger partial charge in [0.2, 0.25) is 5.78 Å². The van der Waals surface area contributed by atoms with Crippen molar-refractivity contribution in [1.29, 1.82) is 0 Å². The normalized spacial score (nSPS) is 13.1. The number of rotatable bonds is 8. The first kappa shape index (κ1) is 24.9. The SMILES string of the molecule is COc1ccc(-c2cn(Cc3c(F)cccc3F)c3nc(-c4ccc(OCC5CC5)cc4)c(C)n3c2=O)cc1. The largest absolute Gasteiger partial charge is 0.497 e. The van der Waals surface area contributed by atoms with Crippen molar-refractivity contribution in [1.82, 2.24) is 14.0 Å². The molecule has 8 heteroatoms. The van der Waals surface area contributed by atoms with Gasteiger partial charge < -0.3 is 14.0 Å². The average molecular weight is 528 g/mol. The van der Waals surface area contributed by atoms with Crippen molar-refractivity contribution in [3.8, 4) is 33.9 Å². The molecule has 1 aliphatic rings. The quantitative estimate of drug-likeness (QED) is 0.239. The molecule has 0 atom stereocenters. The van der Waals surface area contributed by atoms with Crippen molar-refractivity contribution in [3.05, 3.63) is 106 Å². The molecule has 0 unspecified atom stereocenters. The maximum atomic E-state index is 14.7. The van der Waals surface area contributed by atoms with Crippen LogP contribution >= 0.6 is 0 Å². The Labute approximate surface area is 224 Å². The Morgan fingerprint density at radius 3 is 2.21 bits per heavy atom. The summed E-state index contributed by atoms with van der Waals surface area (Å²) in [7, 11) is 1.57. The maximum Gasteiger partial charge on any atom is 0.267 e. The molecule has 198 valence electrons. The van der Waals surface area contributed by atoms with E-state index in [1.54, 1.807) is 42.1 Å². The van der Waals surface area contributed by atoms with Crippen LogP contribution in [0.5, 0.6) is 11.5 Å². The molecule has 0 amide bonds. The zero-order chi connectivity index (χ0) is 27.1. The van der Waals surface area contributed by atoms with E-state index >= 15 is 0 Å². The van der Waals surface area contributed by atoms with Gasteiger partial charge in [0, 0.05) is 17.3 Å². The van der Waals surface area contributed by atoms with Crippen LogP contribution < -0.4 is 15.0 Å². The lowest BCUT2D eigenvalue weighted by Crippen LogP contribution is -2.21. The third kappa shape index (κ3) is 4.78. The monoisotopic (exact) mass is 527 g/mol. The lowest BCUT2D eigenvalue weighted by molar-refractivity contribution is 0.300. The summed E-state index contributed by atoms with van der Waals surface area (Å²) in [5.74, 6) is 1.05. The van der Waals surface area contributed by atoms with E-state index in [-0.39, 0.29) is 17.7 Å². The fraction of sp³-hybridized carbons (Fsp3) is 0.226. The number of benzene rings is 3. The van der Waals surface area contributed by atoms with E-state index in [1.165, 1.54) is 35.4 Å². The van der Waals surface area contributed by atoms with Crippen LogP contribution in [-0.4, -0.2) is 27.7 Å². The molecule has 1 saturated carbocycles. The van der Waals surface area contributed by atoms with Gasteiger partial charge in [-0.25, -0.2) is 18.2 Å². The number of fused-ring (bicyclic) bond motifs is 1. The smallest absolute Gasteiger partial charge is 0.267 e. The topological polar surface area (TPSA) is 57.8 Å². The fourth-order valence-electron chi connectivity index (χ4n) is 4.73. The molecular formula is C31H27F2N3O3. The van der Waals surface area contributed by atoms with Crippen LogP contribution in [0.3, 0.4) is 0 Å². The number of halogens is 2. The zero-order valence-electron chi connectivity index (χ0n) is 21.7. The van der Waals surface area contributed by atoms with E-state index < -0.39 is 11.6 Å². The molecule has 0 bridgehead atoms. The Kier molecular flexibility index (Phi) is 6.38. The standard InChI is InChI=1S/C31H27F2N3O3/c1-19-29(22-10-14-24(15-11-22)39-18-20-6-7-20)34-31-35(17-26-27(32)4-3-5-28(26)33)16-25(30(37)36(19)31)21-8-12-23(38-2)13-9-21/h3-5,8-16,20H,6-7,17-18H2,1-2H3. The Morgan fingerprint density at radius 2 is 1.56 bits per heavy atom. The van der Waals surface area contributed by atoms with Gasteiger partial charge in [0.25, 0.3) is 5.56 Å². The number of aromatic nitrogens is 3. The van der Waals surface area contributed by atoms with Crippen molar-refractivity contribution < 1.29 is 18.3 Å². The predicted molar refractivity (Wildman–Crippen MR) is 145 cm³/mol. The average Bonchev–Trinajstić information content (AvgIpc) is 3.72. The minimum Gasteiger partial charge on any atom is -0.497 e. The van der Waals surface area contributed by atoms with Gasteiger partial charge in [-0.1, -0.05) is 18.2 Å². The van der Waals surface area contributed by atoms with E-state index in [1.807, 2.05) is 31.2 Å². The summed E-state index contributed by atoms with van der Waals surface area (Å²) in [4.78, 5) is 18.6. The summed E-state index contributed by atoms with van der Waals surface area (Å²) in [6, 6.07) is 18.5. The summed E-state index contributed by atoms with van der Waals surface area (Å²) in [5.41, 5.74) is 2.68. The zero-order valence-corrected chi connectivity index (χ0v) is 21.7. The minimum absolute atomic E-state index is 0.108. The van der Waals surface area contributed by atoms with Crippen LogP contribution in [0.2, 0.25) is 0 Å². The molecule has 5 aromatic rings. The van der Waals surface area contributed by atoms with Gasteiger partial charge in [-0.3, -0.25) is 4.79 Å². The fourth-order valence-corrected chi connectivity index (χ4v) is 4.73. The molecule has 39 heavy (non-hydrogen) atoms. The second-order valence-electron chi connectivity index (χ2n) is 9.86. The van der Waals surface area contributed by atoms with Crippen LogP contribution in [-0.2, 0) is 6.54 Å². The van der Waals surface area contributed by atoms with Gasteiger partial charge in [-0.15, -0.1) is 0 Å². The van der Waals surface area contributed by atoms with Gasteiger partial charge in [-0.05, 0) is 79.8 Å². The molecule has 0 saturated heterocycles. The Hall–Kier alpha value is -4.46. The van der Waals surface area contributed by atoms with Gasteiger partial charge in [0.15, 0.2) is 0 Å². The van der Waals surface area contributed by atoms with Crippen LogP contribution in [0.15, 0.2) is 77.7 Å². The van der Waals surface area contributed by atoms with E-state index in [4.69, 9.17) is 14.5 Å². The molecule has 3 aromatic carbocycles. The second-order valence-corrected chi connectivity index (χ2v) is 9.86. The number of imidazole rings is 1.